The van der Waals surface area contributed by atoms with E-state index in [-0.39, 0.29) is 18.1 Å². The zero-order valence-electron chi connectivity index (χ0n) is 17.0. The monoisotopic (exact) mass is 430 g/mol. The third-order valence-corrected chi connectivity index (χ3v) is 7.10. The lowest BCUT2D eigenvalue weighted by atomic mass is 9.76. The molecule has 1 aromatic heterocycles. The second-order valence-corrected chi connectivity index (χ2v) is 8.39. The number of carbonyl (C=O) groups excluding carboxylic acids is 1. The summed E-state index contributed by atoms with van der Waals surface area (Å²) in [5.41, 5.74) is 5.18. The van der Waals surface area contributed by atoms with Gasteiger partial charge in [-0.2, -0.15) is 0 Å². The molecule has 0 N–H and O–H groups in total. The quantitative estimate of drug-likeness (QED) is 0.553. The molecular weight excluding hydrogens is 412 g/mol. The van der Waals surface area contributed by atoms with Crippen LogP contribution < -0.4 is 15.0 Å². The molecule has 0 spiro atoms. The number of para-hydroxylation sites is 1. The number of hydrogen-bond donors (Lipinski definition) is 0. The molecule has 1 aliphatic heterocycles. The highest BCUT2D eigenvalue weighted by Crippen LogP contribution is 2.51. The lowest BCUT2D eigenvalue weighted by molar-refractivity contribution is 0.103. The minimum atomic E-state index is -0.559. The first-order valence-corrected chi connectivity index (χ1v) is 10.4. The Balaban J connectivity index is 1.74. The summed E-state index contributed by atoms with van der Waals surface area (Å²) in [5.74, 6) is 0.611. The van der Waals surface area contributed by atoms with E-state index < -0.39 is 5.92 Å². The topological polar surface area (TPSA) is 62.5 Å². The van der Waals surface area contributed by atoms with Crippen LogP contribution in [0.1, 0.15) is 38.7 Å². The normalized spacial score (nSPS) is 18.1. The zero-order valence-corrected chi connectivity index (χ0v) is 17.8. The van der Waals surface area contributed by atoms with E-state index in [0.29, 0.717) is 39.4 Å². The minimum absolute atomic E-state index is 0.0371. The number of benzene rings is 2. The lowest BCUT2D eigenvalue weighted by Crippen LogP contribution is -2.34. The van der Waals surface area contributed by atoms with Crippen molar-refractivity contribution < 1.29 is 14.3 Å². The van der Waals surface area contributed by atoms with E-state index in [9.17, 15) is 9.59 Å². The van der Waals surface area contributed by atoms with Crippen molar-refractivity contribution in [3.05, 3.63) is 91.1 Å². The number of ether oxygens (including phenoxy) is 2. The van der Waals surface area contributed by atoms with Crippen LogP contribution in [0.15, 0.2) is 52.8 Å². The van der Waals surface area contributed by atoms with Crippen molar-refractivity contribution in [2.75, 3.05) is 6.79 Å². The summed E-state index contributed by atoms with van der Waals surface area (Å²) in [5, 5.41) is 0. The van der Waals surface area contributed by atoms with Gasteiger partial charge in [-0.15, -0.1) is 0 Å². The van der Waals surface area contributed by atoms with Crippen LogP contribution in [0.2, 0.25) is 0 Å². The van der Waals surface area contributed by atoms with Crippen molar-refractivity contribution in [3.8, 4) is 11.5 Å². The maximum Gasteiger partial charge on any atom is 0.258 e. The highest BCUT2D eigenvalue weighted by molar-refractivity contribution is 7.71. The third kappa shape index (κ3) is 2.29. The Bertz CT molecular complexity index is 1480. The Morgan fingerprint density at radius 3 is 2.55 bits per heavy atom. The summed E-state index contributed by atoms with van der Waals surface area (Å²) in [7, 11) is 3.55. The maximum atomic E-state index is 13.6. The number of Topliss-reactive ketones (excluding diaryl/α,β-unsaturated/α-hetero) is 1. The molecule has 0 saturated carbocycles. The second-order valence-electron chi connectivity index (χ2n) is 8.02. The van der Waals surface area contributed by atoms with Crippen LogP contribution in [0.25, 0.3) is 5.57 Å². The molecule has 2 aromatic carbocycles. The van der Waals surface area contributed by atoms with Gasteiger partial charge in [0.2, 0.25) is 6.79 Å². The summed E-state index contributed by atoms with van der Waals surface area (Å²) in [6, 6.07) is 13.2. The largest absolute Gasteiger partial charge is 0.454 e. The number of ketones is 1. The second kappa shape index (κ2) is 6.28. The molecule has 0 amide bonds. The number of carbonyl (C=O) groups is 1. The maximum absolute atomic E-state index is 13.6. The van der Waals surface area contributed by atoms with Crippen molar-refractivity contribution in [3.63, 3.8) is 0 Å². The van der Waals surface area contributed by atoms with Gasteiger partial charge in [0.25, 0.3) is 5.56 Å². The van der Waals surface area contributed by atoms with E-state index >= 15 is 0 Å². The van der Waals surface area contributed by atoms with E-state index in [1.54, 1.807) is 7.05 Å². The third-order valence-electron chi connectivity index (χ3n) is 6.55. The molecule has 0 bridgehead atoms. The van der Waals surface area contributed by atoms with Gasteiger partial charge in [0, 0.05) is 54.4 Å². The average Bonchev–Trinajstić information content (AvgIpc) is 3.38. The highest BCUT2D eigenvalue weighted by atomic mass is 32.1. The van der Waals surface area contributed by atoms with Crippen LogP contribution >= 0.6 is 12.2 Å². The lowest BCUT2D eigenvalue weighted by Gasteiger charge is -2.30. The SMILES string of the molecule is Cn1c2c(c(=O)n(C)c1=S)C(c1cccc3c1OCO3)C1=C(C2)c2ccccc2C1=O. The number of fused-ring (bicyclic) bond motifs is 4. The molecule has 0 saturated heterocycles. The first-order chi connectivity index (χ1) is 15.0. The smallest absolute Gasteiger partial charge is 0.258 e. The van der Waals surface area contributed by atoms with E-state index in [1.807, 2.05) is 54.1 Å². The minimum Gasteiger partial charge on any atom is -0.454 e. The fourth-order valence-corrected chi connectivity index (χ4v) is 5.28. The molecule has 6 nitrogen and oxygen atoms in total. The summed E-state index contributed by atoms with van der Waals surface area (Å²) < 4.78 is 15.2. The average molecular weight is 430 g/mol. The molecule has 0 radical (unpaired) electrons. The van der Waals surface area contributed by atoms with Crippen molar-refractivity contribution >= 4 is 23.6 Å². The Kier molecular flexibility index (Phi) is 3.71. The van der Waals surface area contributed by atoms with Gasteiger partial charge in [-0.3, -0.25) is 14.2 Å². The fraction of sp³-hybridized carbons (Fsp3) is 0.208. The highest BCUT2D eigenvalue weighted by Gasteiger charge is 2.43. The molecule has 0 fully saturated rings. The molecule has 3 aromatic rings. The zero-order chi connectivity index (χ0) is 21.4. The van der Waals surface area contributed by atoms with E-state index in [1.165, 1.54) is 4.57 Å². The van der Waals surface area contributed by atoms with Crippen molar-refractivity contribution in [2.24, 2.45) is 14.1 Å². The molecule has 31 heavy (non-hydrogen) atoms. The number of nitrogens with zero attached hydrogens (tertiary/aromatic N) is 2. The van der Waals surface area contributed by atoms with Gasteiger partial charge in [-0.25, -0.2) is 0 Å². The predicted molar refractivity (Wildman–Crippen MR) is 117 cm³/mol. The Hall–Kier alpha value is -3.45. The van der Waals surface area contributed by atoms with Crippen LogP contribution in [0.3, 0.4) is 0 Å². The first kappa shape index (κ1) is 18.3. The van der Waals surface area contributed by atoms with Crippen LogP contribution in [-0.2, 0) is 20.5 Å². The Morgan fingerprint density at radius 1 is 0.968 bits per heavy atom. The Labute approximate surface area is 183 Å². The number of aromatic nitrogens is 2. The van der Waals surface area contributed by atoms with Crippen LogP contribution in [0.4, 0.5) is 0 Å². The molecule has 7 heteroatoms. The summed E-state index contributed by atoms with van der Waals surface area (Å²) in [4.78, 5) is 27.1. The van der Waals surface area contributed by atoms with Gasteiger partial charge >= 0.3 is 0 Å². The summed E-state index contributed by atoms with van der Waals surface area (Å²) in [6.45, 7) is 0.114. The number of allylic oxidation sites excluding steroid dienone is 2. The standard InChI is InChI=1S/C24H18N2O4S/c1-25-16-10-15-12-6-3-4-7-13(12)21(27)19(15)18(20(16)23(28)26(2)24(25)31)14-8-5-9-17-22(14)30-11-29-17/h3-9,18H,10-11H2,1-2H3. The molecule has 154 valence electrons. The number of hydrogen-bond acceptors (Lipinski definition) is 5. The van der Waals surface area contributed by atoms with Crippen LogP contribution in [0.5, 0.6) is 11.5 Å². The van der Waals surface area contributed by atoms with Gasteiger partial charge in [0.05, 0.1) is 0 Å². The van der Waals surface area contributed by atoms with Crippen molar-refractivity contribution in [1.82, 2.24) is 9.13 Å². The van der Waals surface area contributed by atoms with Crippen molar-refractivity contribution in [1.29, 1.82) is 0 Å². The van der Waals surface area contributed by atoms with Crippen LogP contribution in [0, 0.1) is 4.77 Å². The molecule has 2 heterocycles. The number of rotatable bonds is 1. The van der Waals surface area contributed by atoms with Gasteiger partial charge < -0.3 is 14.0 Å². The Morgan fingerprint density at radius 2 is 1.74 bits per heavy atom. The van der Waals surface area contributed by atoms with Gasteiger partial charge in [0.1, 0.15) is 0 Å². The van der Waals surface area contributed by atoms with Gasteiger partial charge in [-0.1, -0.05) is 36.4 Å². The molecule has 3 aliphatic rings. The fourth-order valence-electron chi connectivity index (χ4n) is 5.09. The van der Waals surface area contributed by atoms with Crippen molar-refractivity contribution in [2.45, 2.75) is 12.3 Å². The molecule has 2 aliphatic carbocycles. The summed E-state index contributed by atoms with van der Waals surface area (Å²) in [6.07, 6.45) is 0.479. The van der Waals surface area contributed by atoms with E-state index in [0.717, 1.165) is 22.4 Å². The van der Waals surface area contributed by atoms with Crippen LogP contribution in [-0.4, -0.2) is 21.7 Å². The van der Waals surface area contributed by atoms with Gasteiger partial charge in [-0.05, 0) is 29.4 Å². The molecule has 1 atom stereocenters. The molecular formula is C24H18N2O4S. The summed E-state index contributed by atoms with van der Waals surface area (Å²) >= 11 is 5.52. The van der Waals surface area contributed by atoms with Gasteiger partial charge in [0.15, 0.2) is 22.1 Å². The molecule has 1 unspecified atom stereocenters. The molecule has 6 rings (SSSR count). The van der Waals surface area contributed by atoms with E-state index in [4.69, 9.17) is 21.7 Å². The predicted octanol–water partition coefficient (Wildman–Crippen LogP) is 3.52. The van der Waals surface area contributed by atoms with E-state index in [2.05, 4.69) is 0 Å². The first-order valence-electron chi connectivity index (χ1n) is 10.0.